The van der Waals surface area contributed by atoms with E-state index in [1.165, 1.54) is 37.7 Å². The lowest BCUT2D eigenvalue weighted by atomic mass is 9.87. The zero-order valence-electron chi connectivity index (χ0n) is 19.9. The Morgan fingerprint density at radius 3 is 2.41 bits per heavy atom. The maximum Gasteiger partial charge on any atom is 0.252 e. The zero-order valence-corrected chi connectivity index (χ0v) is 20.6. The zero-order chi connectivity index (χ0) is 26.4. The Labute approximate surface area is 218 Å². The Bertz CT molecular complexity index is 1220. The first-order chi connectivity index (χ1) is 17.8. The van der Waals surface area contributed by atoms with Gasteiger partial charge in [0.15, 0.2) is 0 Å². The molecule has 1 saturated carbocycles. The van der Waals surface area contributed by atoms with E-state index in [1.54, 1.807) is 24.3 Å². The van der Waals surface area contributed by atoms with Crippen LogP contribution < -0.4 is 15.1 Å². The Balaban J connectivity index is 0.000000265. The number of amides is 2. The SMILES string of the molecule is O=CN(c1cccc(F)c1)C(C(=O)NC1CC(F)(F)C1)c1ccccc1Cl.c1ccc(N2CCC2)nc1. The molecule has 1 aliphatic carbocycles. The van der Waals surface area contributed by atoms with Gasteiger partial charge in [0.25, 0.3) is 5.92 Å². The molecule has 2 amide bonds. The van der Waals surface area contributed by atoms with Crippen LogP contribution >= 0.6 is 11.6 Å². The van der Waals surface area contributed by atoms with Gasteiger partial charge in [0.1, 0.15) is 17.7 Å². The number of nitrogens with zero attached hydrogens (tertiary/aromatic N) is 3. The molecule has 10 heteroatoms. The van der Waals surface area contributed by atoms with Crippen LogP contribution in [0.5, 0.6) is 0 Å². The van der Waals surface area contributed by atoms with Crippen LogP contribution in [0.15, 0.2) is 72.9 Å². The van der Waals surface area contributed by atoms with Crippen molar-refractivity contribution in [1.29, 1.82) is 0 Å². The first-order valence-corrected chi connectivity index (χ1v) is 12.2. The summed E-state index contributed by atoms with van der Waals surface area (Å²) in [6.45, 7) is 2.36. The van der Waals surface area contributed by atoms with Crippen LogP contribution in [0, 0.1) is 5.82 Å². The highest BCUT2D eigenvalue weighted by Crippen LogP contribution is 2.38. The van der Waals surface area contributed by atoms with Gasteiger partial charge >= 0.3 is 0 Å². The van der Waals surface area contributed by atoms with E-state index >= 15 is 0 Å². The lowest BCUT2D eigenvalue weighted by Gasteiger charge is -2.37. The second-order valence-electron chi connectivity index (χ2n) is 8.91. The molecule has 2 fully saturated rings. The molecule has 194 valence electrons. The number of nitrogens with one attached hydrogen (secondary N) is 1. The minimum atomic E-state index is -2.80. The Hall–Kier alpha value is -3.59. The molecular weight excluding hydrogens is 505 g/mol. The summed E-state index contributed by atoms with van der Waals surface area (Å²) >= 11 is 6.20. The predicted molar refractivity (Wildman–Crippen MR) is 136 cm³/mol. The maximum atomic E-state index is 13.6. The van der Waals surface area contributed by atoms with Crippen molar-refractivity contribution < 1.29 is 22.8 Å². The number of carbonyl (C=O) groups is 2. The van der Waals surface area contributed by atoms with Crippen LogP contribution in [-0.4, -0.2) is 42.4 Å². The van der Waals surface area contributed by atoms with E-state index in [2.05, 4.69) is 21.3 Å². The number of anilines is 2. The molecule has 1 atom stereocenters. The van der Waals surface area contributed by atoms with Gasteiger partial charge in [0.2, 0.25) is 12.3 Å². The van der Waals surface area contributed by atoms with Gasteiger partial charge in [-0.15, -0.1) is 0 Å². The van der Waals surface area contributed by atoms with Crippen molar-refractivity contribution in [3.05, 3.63) is 89.3 Å². The summed E-state index contributed by atoms with van der Waals surface area (Å²) in [6.07, 6.45) is 2.62. The highest BCUT2D eigenvalue weighted by Gasteiger charge is 2.47. The summed E-state index contributed by atoms with van der Waals surface area (Å²) in [5.41, 5.74) is 0.447. The van der Waals surface area contributed by atoms with Crippen LogP contribution in [0.2, 0.25) is 5.02 Å². The van der Waals surface area contributed by atoms with Gasteiger partial charge in [-0.05, 0) is 42.8 Å². The fourth-order valence-corrected chi connectivity index (χ4v) is 4.39. The molecule has 0 radical (unpaired) electrons. The number of carbonyl (C=O) groups excluding carboxylic acids is 2. The van der Waals surface area contributed by atoms with Crippen molar-refractivity contribution in [2.75, 3.05) is 22.9 Å². The monoisotopic (exact) mass is 530 g/mol. The summed E-state index contributed by atoms with van der Waals surface area (Å²) < 4.78 is 39.8. The first-order valence-electron chi connectivity index (χ1n) is 11.9. The average molecular weight is 531 g/mol. The third-order valence-electron chi connectivity index (χ3n) is 6.21. The van der Waals surface area contributed by atoms with E-state index in [9.17, 15) is 22.8 Å². The number of pyridine rings is 1. The number of hydrogen-bond donors (Lipinski definition) is 1. The molecule has 37 heavy (non-hydrogen) atoms. The van der Waals surface area contributed by atoms with Gasteiger partial charge in [-0.25, -0.2) is 18.2 Å². The minimum absolute atomic E-state index is 0.143. The summed E-state index contributed by atoms with van der Waals surface area (Å²) in [6, 6.07) is 15.7. The van der Waals surface area contributed by atoms with E-state index in [1.807, 2.05) is 18.3 Å². The number of alkyl halides is 2. The van der Waals surface area contributed by atoms with Gasteiger partial charge in [-0.2, -0.15) is 0 Å². The highest BCUT2D eigenvalue weighted by molar-refractivity contribution is 6.31. The fraction of sp³-hybridized carbons (Fsp3) is 0.296. The van der Waals surface area contributed by atoms with Gasteiger partial charge in [0, 0.05) is 54.4 Å². The second-order valence-corrected chi connectivity index (χ2v) is 9.32. The van der Waals surface area contributed by atoms with Crippen LogP contribution in [0.4, 0.5) is 24.7 Å². The third-order valence-corrected chi connectivity index (χ3v) is 6.56. The van der Waals surface area contributed by atoms with Crippen LogP contribution in [-0.2, 0) is 9.59 Å². The largest absolute Gasteiger partial charge is 0.356 e. The van der Waals surface area contributed by atoms with Crippen LogP contribution in [0.25, 0.3) is 0 Å². The predicted octanol–water partition coefficient (Wildman–Crippen LogP) is 5.39. The van der Waals surface area contributed by atoms with Crippen molar-refractivity contribution in [3.8, 4) is 0 Å². The molecule has 0 spiro atoms. The Morgan fingerprint density at radius 2 is 1.84 bits per heavy atom. The molecule has 1 saturated heterocycles. The van der Waals surface area contributed by atoms with E-state index < -0.39 is 42.6 Å². The number of halogens is 4. The molecule has 3 aromatic rings. The summed E-state index contributed by atoms with van der Waals surface area (Å²) in [7, 11) is 0. The molecule has 1 N–H and O–H groups in total. The van der Waals surface area contributed by atoms with Gasteiger partial charge in [-0.1, -0.05) is 41.9 Å². The first kappa shape index (κ1) is 26.5. The highest BCUT2D eigenvalue weighted by atomic mass is 35.5. The van der Waals surface area contributed by atoms with Crippen molar-refractivity contribution in [2.24, 2.45) is 0 Å². The van der Waals surface area contributed by atoms with Crippen molar-refractivity contribution >= 4 is 35.4 Å². The number of hydrogen-bond acceptors (Lipinski definition) is 4. The van der Waals surface area contributed by atoms with Gasteiger partial charge in [-0.3, -0.25) is 14.5 Å². The molecule has 6 nitrogen and oxygen atoms in total. The summed E-state index contributed by atoms with van der Waals surface area (Å²) in [5, 5.41) is 2.75. The number of rotatable bonds is 7. The maximum absolute atomic E-state index is 13.6. The molecule has 2 aromatic carbocycles. The topological polar surface area (TPSA) is 65.5 Å². The van der Waals surface area contributed by atoms with Crippen molar-refractivity contribution in [1.82, 2.24) is 10.3 Å². The molecule has 0 bridgehead atoms. The molecule has 1 unspecified atom stereocenters. The van der Waals surface area contributed by atoms with Crippen LogP contribution in [0.1, 0.15) is 30.9 Å². The smallest absolute Gasteiger partial charge is 0.252 e. The average Bonchev–Trinajstić information content (AvgIpc) is 2.82. The fourth-order valence-electron chi connectivity index (χ4n) is 4.15. The number of aromatic nitrogens is 1. The van der Waals surface area contributed by atoms with E-state index in [-0.39, 0.29) is 10.7 Å². The van der Waals surface area contributed by atoms with Crippen LogP contribution in [0.3, 0.4) is 0 Å². The molecule has 1 aromatic heterocycles. The van der Waals surface area contributed by atoms with Crippen molar-refractivity contribution in [2.45, 2.75) is 37.3 Å². The second kappa shape index (κ2) is 11.6. The molecular formula is C27H26ClF3N4O2. The molecule has 2 heterocycles. The standard InChI is InChI=1S/C19H16ClF3N2O2.C8H10N2/c20-16-7-2-1-6-15(16)17(18(27)24-13-9-19(22,23)10-13)25(11-26)14-5-3-4-12(21)8-14;1-2-5-9-8(4-1)10-6-3-7-10/h1-8,11,13,17H,9-10H2,(H,24,27);1-2,4-5H,3,6-7H2. The van der Waals surface area contributed by atoms with Gasteiger partial charge < -0.3 is 10.2 Å². The normalized spacial score (nSPS) is 16.8. The molecule has 1 aliphatic heterocycles. The lowest BCUT2D eigenvalue weighted by molar-refractivity contribution is -0.131. The van der Waals surface area contributed by atoms with E-state index in [4.69, 9.17) is 11.6 Å². The quantitative estimate of drug-likeness (QED) is 0.416. The summed E-state index contributed by atoms with van der Waals surface area (Å²) in [5.74, 6) is -2.94. The molecule has 2 aliphatic rings. The van der Waals surface area contributed by atoms with Gasteiger partial charge in [0.05, 0.1) is 0 Å². The summed E-state index contributed by atoms with van der Waals surface area (Å²) in [4.78, 5) is 32.2. The van der Waals surface area contributed by atoms with Crippen molar-refractivity contribution in [3.63, 3.8) is 0 Å². The van der Waals surface area contributed by atoms with E-state index in [0.717, 1.165) is 16.8 Å². The Kier molecular flexibility index (Phi) is 8.33. The molecule has 5 rings (SSSR count). The third kappa shape index (κ3) is 6.60. The minimum Gasteiger partial charge on any atom is -0.356 e. The van der Waals surface area contributed by atoms with E-state index in [0.29, 0.717) is 12.0 Å². The Morgan fingerprint density at radius 1 is 1.11 bits per heavy atom. The lowest BCUT2D eigenvalue weighted by Crippen LogP contribution is -2.53. The number of benzene rings is 2.